The van der Waals surface area contributed by atoms with E-state index in [4.69, 9.17) is 16.3 Å². The molecule has 5 rings (SSSR count). The minimum atomic E-state index is -4.21. The Labute approximate surface area is 201 Å². The summed E-state index contributed by atoms with van der Waals surface area (Å²) in [4.78, 5) is 47.6. The quantitative estimate of drug-likeness (QED) is 0.298. The van der Waals surface area contributed by atoms with Crippen molar-refractivity contribution in [2.45, 2.75) is 11.9 Å². The van der Waals surface area contributed by atoms with E-state index in [-0.39, 0.29) is 45.0 Å². The SMILES string of the molecule is Cc1cc2[nH]c(=O)c(=O)[nH]c2nc1S(=O)(=O)Nc1cnc(-c2ccc3c(c2)NC(=O)CO3)c(Cl)c1. The molecule has 3 aromatic heterocycles. The van der Waals surface area contributed by atoms with Gasteiger partial charge in [-0.15, -0.1) is 0 Å². The number of aromatic amines is 2. The molecule has 1 aliphatic rings. The van der Waals surface area contributed by atoms with Crippen molar-refractivity contribution in [3.05, 3.63) is 67.8 Å². The largest absolute Gasteiger partial charge is 0.482 e. The maximum absolute atomic E-state index is 13.0. The number of benzene rings is 1. The fourth-order valence-corrected chi connectivity index (χ4v) is 5.03. The summed E-state index contributed by atoms with van der Waals surface area (Å²) in [5, 5.41) is 2.50. The van der Waals surface area contributed by atoms with Crippen LogP contribution in [0.3, 0.4) is 0 Å². The Bertz CT molecular complexity index is 1760. The number of aryl methyl sites for hydroxylation is 1. The summed E-state index contributed by atoms with van der Waals surface area (Å²) >= 11 is 6.39. The van der Waals surface area contributed by atoms with E-state index >= 15 is 0 Å². The molecule has 14 heteroatoms. The zero-order chi connectivity index (χ0) is 24.9. The second-order valence-electron chi connectivity index (χ2n) is 7.62. The van der Waals surface area contributed by atoms with Gasteiger partial charge in [0.25, 0.3) is 15.9 Å². The average molecular weight is 515 g/mol. The van der Waals surface area contributed by atoms with E-state index in [9.17, 15) is 22.8 Å². The number of halogens is 1. The molecule has 1 aliphatic heterocycles. The van der Waals surface area contributed by atoms with Crippen LogP contribution in [0.1, 0.15) is 5.56 Å². The van der Waals surface area contributed by atoms with Gasteiger partial charge in [-0.2, -0.15) is 8.42 Å². The molecule has 0 spiro atoms. The molecule has 0 saturated heterocycles. The topological polar surface area (TPSA) is 176 Å². The number of H-pyrrole nitrogens is 2. The van der Waals surface area contributed by atoms with Crippen molar-refractivity contribution in [2.75, 3.05) is 16.6 Å². The van der Waals surface area contributed by atoms with E-state index in [0.717, 1.165) is 0 Å². The summed E-state index contributed by atoms with van der Waals surface area (Å²) in [5.41, 5.74) is -0.00270. The summed E-state index contributed by atoms with van der Waals surface area (Å²) in [6.45, 7) is 1.43. The zero-order valence-electron chi connectivity index (χ0n) is 17.8. The number of anilines is 2. The van der Waals surface area contributed by atoms with Crippen LogP contribution >= 0.6 is 11.6 Å². The Hall–Kier alpha value is -4.23. The summed E-state index contributed by atoms with van der Waals surface area (Å²) in [7, 11) is -4.21. The van der Waals surface area contributed by atoms with E-state index in [1.807, 2.05) is 0 Å². The van der Waals surface area contributed by atoms with Gasteiger partial charge in [-0.05, 0) is 42.8 Å². The van der Waals surface area contributed by atoms with Crippen LogP contribution in [0.4, 0.5) is 11.4 Å². The molecule has 0 bridgehead atoms. The van der Waals surface area contributed by atoms with Crippen molar-refractivity contribution in [3.63, 3.8) is 0 Å². The first-order valence-corrected chi connectivity index (χ1v) is 11.9. The second kappa shape index (κ2) is 8.21. The Kier molecular flexibility index (Phi) is 5.29. The molecule has 12 nitrogen and oxygen atoms in total. The van der Waals surface area contributed by atoms with Crippen molar-refractivity contribution in [3.8, 4) is 17.0 Å². The van der Waals surface area contributed by atoms with Gasteiger partial charge < -0.3 is 20.0 Å². The number of fused-ring (bicyclic) bond motifs is 2. The lowest BCUT2D eigenvalue weighted by atomic mass is 10.1. The first-order valence-electron chi connectivity index (χ1n) is 10.00. The lowest BCUT2D eigenvalue weighted by molar-refractivity contribution is -0.118. The summed E-state index contributed by atoms with van der Waals surface area (Å²) in [6, 6.07) is 7.80. The molecule has 1 aromatic carbocycles. The van der Waals surface area contributed by atoms with Crippen LogP contribution in [0.25, 0.3) is 22.4 Å². The minimum absolute atomic E-state index is 0.0697. The number of hydrogen-bond donors (Lipinski definition) is 4. The molecule has 0 fully saturated rings. The Morgan fingerprint density at radius 1 is 1.09 bits per heavy atom. The number of carbonyl (C=O) groups is 1. The number of carbonyl (C=O) groups excluding carboxylic acids is 1. The lowest BCUT2D eigenvalue weighted by Gasteiger charge is -2.18. The highest BCUT2D eigenvalue weighted by Gasteiger charge is 2.22. The number of nitrogens with zero attached hydrogens (tertiary/aromatic N) is 2. The van der Waals surface area contributed by atoms with E-state index in [2.05, 4.69) is 30.0 Å². The summed E-state index contributed by atoms with van der Waals surface area (Å²) < 4.78 is 33.7. The number of sulfonamides is 1. The van der Waals surface area contributed by atoms with E-state index in [1.54, 1.807) is 18.2 Å². The van der Waals surface area contributed by atoms with Crippen molar-refractivity contribution >= 4 is 50.1 Å². The van der Waals surface area contributed by atoms with Crippen molar-refractivity contribution in [1.29, 1.82) is 0 Å². The molecule has 0 unspecified atom stereocenters. The maximum atomic E-state index is 13.0. The van der Waals surface area contributed by atoms with Gasteiger partial charge in [-0.25, -0.2) is 4.98 Å². The molecular formula is C21H15ClN6O6S. The molecule has 0 atom stereocenters. The van der Waals surface area contributed by atoms with Crippen molar-refractivity contribution < 1.29 is 17.9 Å². The number of ether oxygens (including phenoxy) is 1. The number of aromatic nitrogens is 4. The van der Waals surface area contributed by atoms with Gasteiger partial charge >= 0.3 is 11.1 Å². The van der Waals surface area contributed by atoms with Gasteiger partial charge in [0.15, 0.2) is 17.3 Å². The summed E-state index contributed by atoms with van der Waals surface area (Å²) in [6.07, 6.45) is 1.28. The van der Waals surface area contributed by atoms with Gasteiger partial charge in [-0.1, -0.05) is 11.6 Å². The molecule has 35 heavy (non-hydrogen) atoms. The van der Waals surface area contributed by atoms with Crippen molar-refractivity contribution in [1.82, 2.24) is 19.9 Å². The zero-order valence-corrected chi connectivity index (χ0v) is 19.4. The monoisotopic (exact) mass is 514 g/mol. The van der Waals surface area contributed by atoms with Gasteiger partial charge in [0.05, 0.1) is 33.8 Å². The fraction of sp³-hybridized carbons (Fsp3) is 0.0952. The normalized spacial score (nSPS) is 13.1. The predicted octanol–water partition coefficient (Wildman–Crippen LogP) is 1.77. The van der Waals surface area contributed by atoms with Gasteiger partial charge in [-0.3, -0.25) is 24.1 Å². The molecule has 178 valence electrons. The first-order chi connectivity index (χ1) is 16.6. The van der Waals surface area contributed by atoms with Gasteiger partial charge in [0.2, 0.25) is 0 Å². The van der Waals surface area contributed by atoms with Crippen LogP contribution in [-0.4, -0.2) is 40.9 Å². The van der Waals surface area contributed by atoms with Gasteiger partial charge in [0, 0.05) is 5.56 Å². The highest BCUT2D eigenvalue weighted by molar-refractivity contribution is 7.92. The first kappa shape index (κ1) is 22.6. The highest BCUT2D eigenvalue weighted by atomic mass is 35.5. The third-order valence-electron chi connectivity index (χ3n) is 5.09. The van der Waals surface area contributed by atoms with Crippen LogP contribution in [0.15, 0.2) is 51.1 Å². The fourth-order valence-electron chi connectivity index (χ4n) is 3.54. The van der Waals surface area contributed by atoms with Crippen LogP contribution in [0, 0.1) is 6.92 Å². The number of hydrogen-bond acceptors (Lipinski definition) is 8. The third-order valence-corrected chi connectivity index (χ3v) is 6.80. The molecule has 4 aromatic rings. The molecule has 1 amide bonds. The Morgan fingerprint density at radius 2 is 1.86 bits per heavy atom. The lowest BCUT2D eigenvalue weighted by Crippen LogP contribution is -2.29. The Balaban J connectivity index is 1.47. The second-order valence-corrected chi connectivity index (χ2v) is 9.63. The molecule has 4 heterocycles. The highest BCUT2D eigenvalue weighted by Crippen LogP contribution is 2.35. The molecule has 4 N–H and O–H groups in total. The van der Waals surface area contributed by atoms with E-state index < -0.39 is 21.1 Å². The smallest absolute Gasteiger partial charge is 0.315 e. The third kappa shape index (κ3) is 4.22. The van der Waals surface area contributed by atoms with Crippen LogP contribution in [0.2, 0.25) is 5.02 Å². The van der Waals surface area contributed by atoms with E-state index in [1.165, 1.54) is 25.3 Å². The average Bonchev–Trinajstić information content (AvgIpc) is 2.79. The number of pyridine rings is 2. The molecule has 0 saturated carbocycles. The van der Waals surface area contributed by atoms with E-state index in [0.29, 0.717) is 22.7 Å². The Morgan fingerprint density at radius 3 is 2.63 bits per heavy atom. The molecule has 0 radical (unpaired) electrons. The van der Waals surface area contributed by atoms with Crippen LogP contribution in [-0.2, 0) is 14.8 Å². The molecular weight excluding hydrogens is 500 g/mol. The predicted molar refractivity (Wildman–Crippen MR) is 127 cm³/mol. The maximum Gasteiger partial charge on any atom is 0.315 e. The van der Waals surface area contributed by atoms with Crippen LogP contribution < -0.4 is 25.9 Å². The summed E-state index contributed by atoms with van der Waals surface area (Å²) in [5.74, 6) is 0.226. The van der Waals surface area contributed by atoms with Crippen molar-refractivity contribution in [2.24, 2.45) is 0 Å². The minimum Gasteiger partial charge on any atom is -0.482 e. The number of nitrogens with one attached hydrogen (secondary N) is 4. The number of amides is 1. The van der Waals surface area contributed by atoms with Crippen LogP contribution in [0.5, 0.6) is 5.75 Å². The standard InChI is InChI=1S/C21H15ClN6O6S/c1-9-4-14-18(26-20(31)19(30)25-14)27-21(9)35(32,33)28-11-6-12(22)17(23-7-11)10-2-3-15-13(5-10)24-16(29)8-34-15/h2-7,28H,8H2,1H3,(H,24,29)(H,25,30)(H,26,27,31). The molecule has 0 aliphatic carbocycles. The number of rotatable bonds is 4. The van der Waals surface area contributed by atoms with Gasteiger partial charge in [0.1, 0.15) is 5.75 Å².